The van der Waals surface area contributed by atoms with Crippen LogP contribution >= 0.6 is 15.9 Å². The van der Waals surface area contributed by atoms with Crippen molar-refractivity contribution in [3.05, 3.63) is 57.6 Å². The van der Waals surface area contributed by atoms with Crippen molar-refractivity contribution in [2.75, 3.05) is 19.0 Å². The van der Waals surface area contributed by atoms with Crippen LogP contribution in [0.3, 0.4) is 0 Å². The minimum atomic E-state index is -4.99. The van der Waals surface area contributed by atoms with Gasteiger partial charge in [0, 0.05) is 16.7 Å². The van der Waals surface area contributed by atoms with Crippen molar-refractivity contribution >= 4 is 27.6 Å². The number of carbonyl (C=O) groups excluding carboxylic acids is 1. The smallest absolute Gasteiger partial charge is 0.416 e. The van der Waals surface area contributed by atoms with Crippen LogP contribution in [-0.4, -0.2) is 19.7 Å². The molecule has 0 radical (unpaired) electrons. The van der Waals surface area contributed by atoms with E-state index >= 15 is 0 Å². The molecule has 158 valence electrons. The lowest BCUT2D eigenvalue weighted by Crippen LogP contribution is -2.30. The van der Waals surface area contributed by atoms with E-state index in [0.717, 1.165) is 10.0 Å². The molecule has 0 aliphatic heterocycles. The molecule has 0 unspecified atom stereocenters. The van der Waals surface area contributed by atoms with Gasteiger partial charge >= 0.3 is 18.4 Å². The Hall–Kier alpha value is -2.43. The molecule has 0 saturated heterocycles. The molecule has 0 saturated carbocycles. The van der Waals surface area contributed by atoms with Crippen LogP contribution in [-0.2, 0) is 18.8 Å². The monoisotopic (exact) mass is 484 g/mol. The summed E-state index contributed by atoms with van der Waals surface area (Å²) in [5.74, 6) is 0.572. The number of amides is 2. The first kappa shape index (κ1) is 22.9. The van der Waals surface area contributed by atoms with Gasteiger partial charge in [0.2, 0.25) is 0 Å². The number of anilines is 1. The second-order valence-corrected chi connectivity index (χ2v) is 6.80. The molecule has 0 aromatic heterocycles. The Kier molecular flexibility index (Phi) is 7.04. The Bertz CT molecular complexity index is 851. The molecule has 0 spiro atoms. The van der Waals surface area contributed by atoms with Crippen LogP contribution in [0, 0.1) is 0 Å². The summed E-state index contributed by atoms with van der Waals surface area (Å²) in [5.41, 5.74) is -2.90. The molecule has 2 aromatic carbocycles. The van der Waals surface area contributed by atoms with Crippen LogP contribution in [0.5, 0.6) is 5.75 Å². The van der Waals surface area contributed by atoms with E-state index in [-0.39, 0.29) is 12.6 Å². The van der Waals surface area contributed by atoms with Crippen molar-refractivity contribution in [3.8, 4) is 5.75 Å². The largest absolute Gasteiger partial charge is 0.496 e. The average Bonchev–Trinajstić information content (AvgIpc) is 2.60. The molecule has 0 aliphatic rings. The van der Waals surface area contributed by atoms with Crippen LogP contribution in [0.4, 0.5) is 36.8 Å². The third-order valence-electron chi connectivity index (χ3n) is 3.77. The van der Waals surface area contributed by atoms with E-state index in [1.54, 1.807) is 18.2 Å². The highest BCUT2D eigenvalue weighted by Crippen LogP contribution is 2.37. The van der Waals surface area contributed by atoms with Gasteiger partial charge in [0.15, 0.2) is 0 Å². The number of rotatable bonds is 5. The van der Waals surface area contributed by atoms with Gasteiger partial charge in [0.05, 0.1) is 18.2 Å². The number of ether oxygens (including phenoxy) is 1. The van der Waals surface area contributed by atoms with E-state index in [0.29, 0.717) is 24.3 Å². The fraction of sp³-hybridized carbons (Fsp3) is 0.278. The first-order valence-electron chi connectivity index (χ1n) is 8.07. The maximum Gasteiger partial charge on any atom is 0.416 e. The summed E-state index contributed by atoms with van der Waals surface area (Å²) in [5, 5.41) is 4.39. The van der Waals surface area contributed by atoms with E-state index in [4.69, 9.17) is 4.74 Å². The number of hydrogen-bond acceptors (Lipinski definition) is 2. The lowest BCUT2D eigenvalue weighted by Gasteiger charge is -2.15. The fourth-order valence-electron chi connectivity index (χ4n) is 2.46. The minimum Gasteiger partial charge on any atom is -0.496 e. The number of alkyl halides is 6. The topological polar surface area (TPSA) is 50.4 Å². The maximum atomic E-state index is 12.9. The predicted molar refractivity (Wildman–Crippen MR) is 97.9 cm³/mol. The summed E-state index contributed by atoms with van der Waals surface area (Å²) in [4.78, 5) is 11.9. The summed E-state index contributed by atoms with van der Waals surface area (Å²) < 4.78 is 83.1. The maximum absolute atomic E-state index is 12.9. The number of hydrogen-bond donors (Lipinski definition) is 2. The summed E-state index contributed by atoms with van der Waals surface area (Å²) in [7, 11) is 1.47. The molecule has 0 aliphatic carbocycles. The van der Waals surface area contributed by atoms with E-state index in [2.05, 4.69) is 21.2 Å². The van der Waals surface area contributed by atoms with Crippen molar-refractivity contribution in [1.29, 1.82) is 0 Å². The van der Waals surface area contributed by atoms with E-state index in [9.17, 15) is 31.1 Å². The fourth-order valence-corrected chi connectivity index (χ4v) is 2.86. The van der Waals surface area contributed by atoms with Gasteiger partial charge in [-0.25, -0.2) is 4.79 Å². The van der Waals surface area contributed by atoms with E-state index in [1.807, 2.05) is 5.32 Å². The van der Waals surface area contributed by atoms with Crippen LogP contribution in [0.2, 0.25) is 0 Å². The van der Waals surface area contributed by atoms with Crippen LogP contribution in [0.25, 0.3) is 0 Å². The van der Waals surface area contributed by atoms with Crippen molar-refractivity contribution in [1.82, 2.24) is 5.32 Å². The highest BCUT2D eigenvalue weighted by Gasteiger charge is 2.37. The van der Waals surface area contributed by atoms with E-state index < -0.39 is 35.2 Å². The molecular weight excluding hydrogens is 470 g/mol. The van der Waals surface area contributed by atoms with E-state index in [1.165, 1.54) is 7.11 Å². The van der Waals surface area contributed by atoms with Gasteiger partial charge in [-0.15, -0.1) is 0 Å². The summed E-state index contributed by atoms with van der Waals surface area (Å²) in [6.07, 6.45) is -9.66. The normalized spacial score (nSPS) is 11.9. The Morgan fingerprint density at radius 2 is 1.59 bits per heavy atom. The number of halogens is 7. The van der Waals surface area contributed by atoms with Gasteiger partial charge in [-0.1, -0.05) is 15.9 Å². The average molecular weight is 485 g/mol. The first-order valence-corrected chi connectivity index (χ1v) is 8.86. The Balaban J connectivity index is 2.08. The summed E-state index contributed by atoms with van der Waals surface area (Å²) in [6, 6.07) is 5.16. The first-order chi connectivity index (χ1) is 13.4. The molecule has 2 N–H and O–H groups in total. The lowest BCUT2D eigenvalue weighted by atomic mass is 10.1. The molecule has 2 amide bonds. The molecule has 0 heterocycles. The zero-order valence-corrected chi connectivity index (χ0v) is 16.4. The molecule has 2 rings (SSSR count). The van der Waals surface area contributed by atoms with Gasteiger partial charge in [-0.3, -0.25) is 0 Å². The Morgan fingerprint density at radius 3 is 2.10 bits per heavy atom. The Morgan fingerprint density at radius 1 is 1.00 bits per heavy atom. The van der Waals surface area contributed by atoms with Gasteiger partial charge in [-0.05, 0) is 48.4 Å². The molecular formula is C18H15BrF6N2O2. The molecule has 29 heavy (non-hydrogen) atoms. The van der Waals surface area contributed by atoms with Crippen molar-refractivity contribution in [2.24, 2.45) is 0 Å². The minimum absolute atomic E-state index is 0.0113. The summed E-state index contributed by atoms with van der Waals surface area (Å²) >= 11 is 3.30. The molecule has 0 bridgehead atoms. The van der Waals surface area contributed by atoms with Crippen molar-refractivity contribution in [2.45, 2.75) is 18.8 Å². The second kappa shape index (κ2) is 8.93. The van der Waals surface area contributed by atoms with Crippen LogP contribution in [0.15, 0.2) is 40.9 Å². The van der Waals surface area contributed by atoms with Crippen LogP contribution in [0.1, 0.15) is 16.7 Å². The SMILES string of the molecule is COc1ccc(Br)cc1CCNC(=O)Nc1cc(C(F)(F)F)cc(C(F)(F)F)c1. The molecule has 4 nitrogen and oxygen atoms in total. The van der Waals surface area contributed by atoms with Gasteiger partial charge < -0.3 is 15.4 Å². The molecule has 0 atom stereocenters. The number of urea groups is 1. The number of nitrogens with one attached hydrogen (secondary N) is 2. The van der Waals surface area contributed by atoms with Gasteiger partial charge in [0.25, 0.3) is 0 Å². The third-order valence-corrected chi connectivity index (χ3v) is 4.26. The molecule has 0 fully saturated rings. The third kappa shape index (κ3) is 6.55. The highest BCUT2D eigenvalue weighted by atomic mass is 79.9. The standard InChI is InChI=1S/C18H15BrF6N2O2/c1-29-15-3-2-13(19)6-10(15)4-5-26-16(28)27-14-8-11(17(20,21)22)7-12(9-14)18(23,24)25/h2-3,6-9H,4-5H2,1H3,(H2,26,27,28). The molecule has 2 aromatic rings. The van der Waals surface area contributed by atoms with Gasteiger partial charge in [-0.2, -0.15) is 26.3 Å². The number of methoxy groups -OCH3 is 1. The van der Waals surface area contributed by atoms with Gasteiger partial charge in [0.1, 0.15) is 5.75 Å². The lowest BCUT2D eigenvalue weighted by molar-refractivity contribution is -0.143. The zero-order valence-electron chi connectivity index (χ0n) is 14.8. The Labute approximate surface area is 170 Å². The number of benzene rings is 2. The highest BCUT2D eigenvalue weighted by molar-refractivity contribution is 9.10. The zero-order chi connectivity index (χ0) is 21.8. The van der Waals surface area contributed by atoms with Crippen LogP contribution < -0.4 is 15.4 Å². The summed E-state index contributed by atoms with van der Waals surface area (Å²) in [6.45, 7) is 0.0732. The van der Waals surface area contributed by atoms with Crippen molar-refractivity contribution < 1.29 is 35.9 Å². The number of carbonyl (C=O) groups is 1. The second-order valence-electron chi connectivity index (χ2n) is 5.88. The van der Waals surface area contributed by atoms with Crippen molar-refractivity contribution in [3.63, 3.8) is 0 Å². The quantitative estimate of drug-likeness (QED) is 0.522. The predicted octanol–water partition coefficient (Wildman–Crippen LogP) is 5.86. The molecule has 11 heteroatoms.